The van der Waals surface area contributed by atoms with E-state index in [0.717, 1.165) is 5.56 Å². The Bertz CT molecular complexity index is 471. The number of amides is 1. The van der Waals surface area contributed by atoms with Crippen LogP contribution >= 0.6 is 0 Å². The maximum Gasteiger partial charge on any atom is 0.317 e. The molecular formula is C14H18N2O4. The third-order valence-corrected chi connectivity index (χ3v) is 2.46. The van der Waals surface area contributed by atoms with Gasteiger partial charge in [-0.25, -0.2) is 0 Å². The summed E-state index contributed by atoms with van der Waals surface area (Å²) in [5.74, 6) is -0.873. The number of carboxylic acid groups (broad SMARTS) is 1. The number of carbonyl (C=O) groups excluding carboxylic acids is 1. The molecule has 0 spiro atoms. The lowest BCUT2D eigenvalue weighted by molar-refractivity contribution is -0.138. The van der Waals surface area contributed by atoms with Crippen LogP contribution in [-0.2, 0) is 16.1 Å². The first-order valence-corrected chi connectivity index (χ1v) is 6.06. The topological polar surface area (TPSA) is 92.9 Å². The van der Waals surface area contributed by atoms with Crippen LogP contribution in [0.15, 0.2) is 36.9 Å². The van der Waals surface area contributed by atoms with Gasteiger partial charge in [-0.2, -0.15) is 0 Å². The number of primary amides is 1. The van der Waals surface area contributed by atoms with Crippen LogP contribution in [0.3, 0.4) is 0 Å². The summed E-state index contributed by atoms with van der Waals surface area (Å²) in [6.07, 6.45) is 1.66. The summed E-state index contributed by atoms with van der Waals surface area (Å²) in [6, 6.07) is 7.05. The third kappa shape index (κ3) is 6.01. The van der Waals surface area contributed by atoms with E-state index >= 15 is 0 Å². The largest absolute Gasteiger partial charge is 0.484 e. The molecule has 0 radical (unpaired) electrons. The smallest absolute Gasteiger partial charge is 0.317 e. The Hall–Kier alpha value is -2.34. The first kappa shape index (κ1) is 15.7. The summed E-state index contributed by atoms with van der Waals surface area (Å²) < 4.78 is 5.14. The van der Waals surface area contributed by atoms with E-state index in [4.69, 9.17) is 15.6 Å². The third-order valence-electron chi connectivity index (χ3n) is 2.46. The van der Waals surface area contributed by atoms with Crippen LogP contribution in [0.2, 0.25) is 0 Å². The number of hydrogen-bond donors (Lipinski definition) is 2. The lowest BCUT2D eigenvalue weighted by Crippen LogP contribution is -2.29. The number of aliphatic carboxylic acids is 1. The maximum atomic E-state index is 10.7. The molecule has 20 heavy (non-hydrogen) atoms. The molecule has 6 nitrogen and oxygen atoms in total. The van der Waals surface area contributed by atoms with Gasteiger partial charge in [0.15, 0.2) is 6.61 Å². The normalized spacial score (nSPS) is 10.2. The van der Waals surface area contributed by atoms with Crippen LogP contribution in [-0.4, -0.2) is 41.6 Å². The highest BCUT2D eigenvalue weighted by atomic mass is 16.5. The summed E-state index contributed by atoms with van der Waals surface area (Å²) in [5.41, 5.74) is 5.92. The molecule has 1 aromatic rings. The molecule has 0 fully saturated rings. The predicted molar refractivity (Wildman–Crippen MR) is 74.2 cm³/mol. The number of hydrogen-bond acceptors (Lipinski definition) is 4. The Kier molecular flexibility index (Phi) is 6.25. The van der Waals surface area contributed by atoms with Gasteiger partial charge in [-0.15, -0.1) is 6.58 Å². The van der Waals surface area contributed by atoms with E-state index < -0.39 is 11.9 Å². The fourth-order valence-corrected chi connectivity index (χ4v) is 1.66. The van der Waals surface area contributed by atoms with Gasteiger partial charge in [-0.1, -0.05) is 18.2 Å². The Morgan fingerprint density at radius 2 is 2.00 bits per heavy atom. The predicted octanol–water partition coefficient (Wildman–Crippen LogP) is 0.623. The number of benzene rings is 1. The van der Waals surface area contributed by atoms with Crippen molar-refractivity contribution in [3.8, 4) is 5.75 Å². The highest BCUT2D eigenvalue weighted by Gasteiger charge is 2.09. The molecule has 0 aliphatic heterocycles. The molecule has 3 N–H and O–H groups in total. The van der Waals surface area contributed by atoms with E-state index in [1.807, 2.05) is 12.1 Å². The first-order valence-electron chi connectivity index (χ1n) is 6.06. The van der Waals surface area contributed by atoms with Crippen molar-refractivity contribution in [2.24, 2.45) is 5.73 Å². The zero-order valence-electron chi connectivity index (χ0n) is 11.1. The summed E-state index contributed by atoms with van der Waals surface area (Å²) in [5, 5.41) is 8.81. The van der Waals surface area contributed by atoms with Gasteiger partial charge in [0.05, 0.1) is 6.54 Å². The van der Waals surface area contributed by atoms with E-state index in [2.05, 4.69) is 6.58 Å². The molecule has 0 aliphatic carbocycles. The van der Waals surface area contributed by atoms with Crippen molar-refractivity contribution in [1.29, 1.82) is 0 Å². The summed E-state index contributed by atoms with van der Waals surface area (Å²) in [6.45, 7) is 4.38. The SMILES string of the molecule is C=CCN(CC(=O)O)Cc1ccc(OCC(N)=O)cc1. The monoisotopic (exact) mass is 278 g/mol. The Morgan fingerprint density at radius 3 is 2.50 bits per heavy atom. The van der Waals surface area contributed by atoms with Gasteiger partial charge in [0.2, 0.25) is 0 Å². The van der Waals surface area contributed by atoms with Gasteiger partial charge in [0, 0.05) is 13.1 Å². The Balaban J connectivity index is 2.59. The number of nitrogens with two attached hydrogens (primary N) is 1. The molecule has 1 rings (SSSR count). The van der Waals surface area contributed by atoms with Gasteiger partial charge in [0.25, 0.3) is 5.91 Å². The Morgan fingerprint density at radius 1 is 1.35 bits per heavy atom. The van der Waals surface area contributed by atoms with Crippen LogP contribution < -0.4 is 10.5 Å². The molecule has 6 heteroatoms. The van der Waals surface area contributed by atoms with E-state index in [0.29, 0.717) is 18.8 Å². The lowest BCUT2D eigenvalue weighted by atomic mass is 10.2. The summed E-state index contributed by atoms with van der Waals surface area (Å²) >= 11 is 0. The molecule has 0 aliphatic rings. The number of rotatable bonds is 9. The fourth-order valence-electron chi connectivity index (χ4n) is 1.66. The summed E-state index contributed by atoms with van der Waals surface area (Å²) in [7, 11) is 0. The van der Waals surface area contributed by atoms with Crippen molar-refractivity contribution in [3.63, 3.8) is 0 Å². The van der Waals surface area contributed by atoms with Gasteiger partial charge in [-0.05, 0) is 17.7 Å². The molecular weight excluding hydrogens is 260 g/mol. The molecule has 0 atom stereocenters. The molecule has 1 amide bonds. The summed E-state index contributed by atoms with van der Waals surface area (Å²) in [4.78, 5) is 23.1. The minimum absolute atomic E-state index is 0.0497. The van der Waals surface area contributed by atoms with E-state index in [-0.39, 0.29) is 13.2 Å². The molecule has 0 saturated heterocycles. The molecule has 0 aromatic heterocycles. The fraction of sp³-hybridized carbons (Fsp3) is 0.286. The second-order valence-electron chi connectivity index (χ2n) is 4.25. The van der Waals surface area contributed by atoms with Gasteiger partial charge in [-0.3, -0.25) is 14.5 Å². The zero-order chi connectivity index (χ0) is 15.0. The minimum Gasteiger partial charge on any atom is -0.484 e. The van der Waals surface area contributed by atoms with Crippen LogP contribution in [0.4, 0.5) is 0 Å². The quantitative estimate of drug-likeness (QED) is 0.646. The second-order valence-corrected chi connectivity index (χ2v) is 4.25. The Labute approximate surface area is 117 Å². The zero-order valence-corrected chi connectivity index (χ0v) is 11.1. The van der Waals surface area contributed by atoms with Crippen LogP contribution in [0.25, 0.3) is 0 Å². The number of ether oxygens (including phenoxy) is 1. The van der Waals surface area contributed by atoms with Gasteiger partial charge < -0.3 is 15.6 Å². The van der Waals surface area contributed by atoms with Crippen molar-refractivity contribution < 1.29 is 19.4 Å². The average Bonchev–Trinajstić information content (AvgIpc) is 2.37. The number of nitrogens with zero attached hydrogens (tertiary/aromatic N) is 1. The first-order chi connectivity index (χ1) is 9.51. The number of carboxylic acids is 1. The highest BCUT2D eigenvalue weighted by Crippen LogP contribution is 2.13. The average molecular weight is 278 g/mol. The van der Waals surface area contributed by atoms with Gasteiger partial charge in [0.1, 0.15) is 5.75 Å². The van der Waals surface area contributed by atoms with Crippen molar-refractivity contribution in [1.82, 2.24) is 4.90 Å². The van der Waals surface area contributed by atoms with Crippen LogP contribution in [0.1, 0.15) is 5.56 Å². The molecule has 0 heterocycles. The van der Waals surface area contributed by atoms with Crippen LogP contribution in [0.5, 0.6) is 5.75 Å². The van der Waals surface area contributed by atoms with Crippen molar-refractivity contribution >= 4 is 11.9 Å². The molecule has 0 bridgehead atoms. The highest BCUT2D eigenvalue weighted by molar-refractivity contribution is 5.75. The van der Waals surface area contributed by atoms with E-state index in [1.165, 1.54) is 0 Å². The molecule has 1 aromatic carbocycles. The lowest BCUT2D eigenvalue weighted by Gasteiger charge is -2.18. The van der Waals surface area contributed by atoms with E-state index in [1.54, 1.807) is 23.1 Å². The number of carbonyl (C=O) groups is 2. The standard InChI is InChI=1S/C14H18N2O4/c1-2-7-16(9-14(18)19)8-11-3-5-12(6-4-11)20-10-13(15)17/h2-6H,1,7-10H2,(H2,15,17)(H,18,19). The molecule has 108 valence electrons. The van der Waals surface area contributed by atoms with E-state index in [9.17, 15) is 9.59 Å². The van der Waals surface area contributed by atoms with Crippen molar-refractivity contribution in [3.05, 3.63) is 42.5 Å². The minimum atomic E-state index is -0.881. The maximum absolute atomic E-state index is 10.7. The second kappa shape index (κ2) is 7.96. The van der Waals surface area contributed by atoms with Crippen molar-refractivity contribution in [2.45, 2.75) is 6.54 Å². The van der Waals surface area contributed by atoms with Gasteiger partial charge >= 0.3 is 5.97 Å². The van der Waals surface area contributed by atoms with Crippen LogP contribution in [0, 0.1) is 0 Å². The van der Waals surface area contributed by atoms with Crippen molar-refractivity contribution in [2.75, 3.05) is 19.7 Å². The molecule has 0 unspecified atom stereocenters. The molecule has 0 saturated carbocycles.